The minimum absolute atomic E-state index is 0.0791. The Balaban J connectivity index is 1.35. The van der Waals surface area contributed by atoms with Gasteiger partial charge in [0.1, 0.15) is 11.3 Å². The first kappa shape index (κ1) is 24.3. The van der Waals surface area contributed by atoms with E-state index in [-0.39, 0.29) is 17.4 Å². The molecule has 2 aromatic carbocycles. The highest BCUT2D eigenvalue weighted by Gasteiger charge is 2.24. The number of pyridine rings is 1. The fourth-order valence-corrected chi connectivity index (χ4v) is 4.36. The smallest absolute Gasteiger partial charge is 0.261 e. The molecule has 2 heterocycles. The second-order valence-corrected chi connectivity index (χ2v) is 8.86. The summed E-state index contributed by atoms with van der Waals surface area (Å²) in [5.41, 5.74) is 3.49. The van der Waals surface area contributed by atoms with Gasteiger partial charge in [0.25, 0.3) is 11.5 Å². The highest BCUT2D eigenvalue weighted by atomic mass is 16.5. The third kappa shape index (κ3) is 5.98. The van der Waals surface area contributed by atoms with Crippen molar-refractivity contribution in [3.8, 4) is 17.0 Å². The lowest BCUT2D eigenvalue weighted by Gasteiger charge is -2.22. The minimum Gasteiger partial charge on any atom is -0.497 e. The van der Waals surface area contributed by atoms with Crippen LogP contribution < -0.4 is 10.3 Å². The molecular formula is C28H31N3O4. The van der Waals surface area contributed by atoms with Gasteiger partial charge in [-0.2, -0.15) is 0 Å². The molecule has 2 amide bonds. The maximum Gasteiger partial charge on any atom is 0.261 e. The summed E-state index contributed by atoms with van der Waals surface area (Å²) in [4.78, 5) is 45.0. The lowest BCUT2D eigenvalue weighted by molar-refractivity contribution is -0.131. The quantitative estimate of drug-likeness (QED) is 0.592. The fraction of sp³-hybridized carbons (Fsp3) is 0.321. The average molecular weight is 474 g/mol. The van der Waals surface area contributed by atoms with Crippen molar-refractivity contribution in [2.75, 3.05) is 33.3 Å². The van der Waals surface area contributed by atoms with Gasteiger partial charge in [-0.25, -0.2) is 0 Å². The van der Waals surface area contributed by atoms with Gasteiger partial charge in [0.15, 0.2) is 0 Å². The van der Waals surface area contributed by atoms with E-state index in [0.717, 1.165) is 22.4 Å². The molecule has 0 unspecified atom stereocenters. The van der Waals surface area contributed by atoms with Gasteiger partial charge in [-0.3, -0.25) is 14.4 Å². The highest BCUT2D eigenvalue weighted by molar-refractivity contribution is 5.94. The molecule has 0 atom stereocenters. The van der Waals surface area contributed by atoms with Crippen molar-refractivity contribution in [1.82, 2.24) is 14.8 Å². The van der Waals surface area contributed by atoms with Crippen molar-refractivity contribution in [3.63, 3.8) is 0 Å². The second-order valence-electron chi connectivity index (χ2n) is 8.86. The van der Waals surface area contributed by atoms with Crippen molar-refractivity contribution >= 4 is 11.8 Å². The molecule has 1 aliphatic rings. The van der Waals surface area contributed by atoms with E-state index in [0.29, 0.717) is 51.1 Å². The SMILES string of the molecule is COc1ccc(CCC(=O)N2CCCN(C(=O)c3ccc(-c4cccc(C)c4)[nH]c3=O)CC2)cc1. The molecule has 1 saturated heterocycles. The number of aromatic nitrogens is 1. The lowest BCUT2D eigenvalue weighted by atomic mass is 10.1. The van der Waals surface area contributed by atoms with E-state index in [9.17, 15) is 14.4 Å². The van der Waals surface area contributed by atoms with Crippen LogP contribution in [-0.4, -0.2) is 59.9 Å². The van der Waals surface area contributed by atoms with Gasteiger partial charge in [-0.15, -0.1) is 0 Å². The van der Waals surface area contributed by atoms with Gasteiger partial charge in [0, 0.05) is 38.3 Å². The van der Waals surface area contributed by atoms with E-state index >= 15 is 0 Å². The molecule has 7 heteroatoms. The molecule has 0 saturated carbocycles. The summed E-state index contributed by atoms with van der Waals surface area (Å²) in [5.74, 6) is 0.575. The number of methoxy groups -OCH3 is 1. The van der Waals surface area contributed by atoms with Crippen LogP contribution in [-0.2, 0) is 11.2 Å². The first-order chi connectivity index (χ1) is 16.9. The zero-order chi connectivity index (χ0) is 24.8. The van der Waals surface area contributed by atoms with Crippen LogP contribution in [0, 0.1) is 6.92 Å². The van der Waals surface area contributed by atoms with Crippen LogP contribution in [0.2, 0.25) is 0 Å². The Morgan fingerprint density at radius 1 is 0.943 bits per heavy atom. The monoisotopic (exact) mass is 473 g/mol. The van der Waals surface area contributed by atoms with Crippen LogP contribution in [0.5, 0.6) is 5.75 Å². The van der Waals surface area contributed by atoms with E-state index in [1.165, 1.54) is 0 Å². The van der Waals surface area contributed by atoms with Crippen LogP contribution >= 0.6 is 0 Å². The number of nitrogens with one attached hydrogen (secondary N) is 1. The summed E-state index contributed by atoms with van der Waals surface area (Å²) in [6, 6.07) is 18.9. The molecule has 1 aromatic heterocycles. The summed E-state index contributed by atoms with van der Waals surface area (Å²) in [7, 11) is 1.63. The Bertz CT molecular complexity index is 1250. The van der Waals surface area contributed by atoms with Crippen molar-refractivity contribution in [3.05, 3.63) is 87.7 Å². The first-order valence-corrected chi connectivity index (χ1v) is 11.9. The Morgan fingerprint density at radius 2 is 1.69 bits per heavy atom. The number of benzene rings is 2. The predicted octanol–water partition coefficient (Wildman–Crippen LogP) is 3.67. The van der Waals surface area contributed by atoms with Crippen molar-refractivity contribution in [2.45, 2.75) is 26.2 Å². The molecule has 4 rings (SSSR count). The Morgan fingerprint density at radius 3 is 2.40 bits per heavy atom. The maximum absolute atomic E-state index is 13.1. The van der Waals surface area contributed by atoms with Crippen LogP contribution in [0.4, 0.5) is 0 Å². The van der Waals surface area contributed by atoms with Crippen LogP contribution in [0.3, 0.4) is 0 Å². The normalized spacial score (nSPS) is 13.9. The molecule has 7 nitrogen and oxygen atoms in total. The van der Waals surface area contributed by atoms with Gasteiger partial charge < -0.3 is 19.5 Å². The van der Waals surface area contributed by atoms with Crippen LogP contribution in [0.1, 0.15) is 34.3 Å². The Kier molecular flexibility index (Phi) is 7.65. The number of H-pyrrole nitrogens is 1. The number of carbonyl (C=O) groups excluding carboxylic acids is 2. The largest absolute Gasteiger partial charge is 0.497 e. The molecule has 0 bridgehead atoms. The Labute approximate surface area is 205 Å². The number of hydrogen-bond donors (Lipinski definition) is 1. The number of aromatic amines is 1. The number of carbonyl (C=O) groups is 2. The standard InChI is InChI=1S/C28H31N3O4/c1-20-5-3-6-22(19-20)25-13-12-24(27(33)29-25)28(34)31-16-4-15-30(17-18-31)26(32)14-9-21-7-10-23(35-2)11-8-21/h3,5-8,10-13,19H,4,9,14-18H2,1-2H3,(H,29,33). The lowest BCUT2D eigenvalue weighted by Crippen LogP contribution is -2.39. The summed E-state index contributed by atoms with van der Waals surface area (Å²) in [6.07, 6.45) is 1.75. The third-order valence-electron chi connectivity index (χ3n) is 6.39. The molecule has 3 aromatic rings. The van der Waals surface area contributed by atoms with Crippen LogP contribution in [0.15, 0.2) is 65.5 Å². The summed E-state index contributed by atoms with van der Waals surface area (Å²) >= 11 is 0. The summed E-state index contributed by atoms with van der Waals surface area (Å²) in [6.45, 7) is 3.98. The number of ether oxygens (including phenoxy) is 1. The molecule has 182 valence electrons. The van der Waals surface area contributed by atoms with Gasteiger partial charge >= 0.3 is 0 Å². The number of hydrogen-bond acceptors (Lipinski definition) is 4. The number of amides is 2. The molecule has 0 spiro atoms. The molecule has 1 aliphatic heterocycles. The topological polar surface area (TPSA) is 82.7 Å². The average Bonchev–Trinajstić information content (AvgIpc) is 3.14. The molecular weight excluding hydrogens is 442 g/mol. The van der Waals surface area contributed by atoms with E-state index in [4.69, 9.17) is 4.74 Å². The van der Waals surface area contributed by atoms with Crippen molar-refractivity contribution < 1.29 is 14.3 Å². The summed E-state index contributed by atoms with van der Waals surface area (Å²) < 4.78 is 5.17. The highest BCUT2D eigenvalue weighted by Crippen LogP contribution is 2.18. The number of nitrogens with zero attached hydrogens (tertiary/aromatic N) is 2. The summed E-state index contributed by atoms with van der Waals surface area (Å²) in [5, 5.41) is 0. The van der Waals surface area contributed by atoms with Gasteiger partial charge in [-0.05, 0) is 61.2 Å². The van der Waals surface area contributed by atoms with Crippen molar-refractivity contribution in [1.29, 1.82) is 0 Å². The molecule has 1 fully saturated rings. The molecule has 1 N–H and O–H groups in total. The third-order valence-corrected chi connectivity index (χ3v) is 6.39. The van der Waals surface area contributed by atoms with E-state index in [1.54, 1.807) is 24.1 Å². The second kappa shape index (κ2) is 11.0. The number of aryl methyl sites for hydroxylation is 2. The minimum atomic E-state index is -0.398. The fourth-order valence-electron chi connectivity index (χ4n) is 4.36. The zero-order valence-corrected chi connectivity index (χ0v) is 20.3. The zero-order valence-electron chi connectivity index (χ0n) is 20.3. The van der Waals surface area contributed by atoms with E-state index in [1.807, 2.05) is 60.4 Å². The Hall–Kier alpha value is -3.87. The van der Waals surface area contributed by atoms with E-state index < -0.39 is 5.56 Å². The van der Waals surface area contributed by atoms with Gasteiger partial charge in [-0.1, -0.05) is 35.9 Å². The maximum atomic E-state index is 13.1. The molecule has 0 aliphatic carbocycles. The number of rotatable bonds is 6. The van der Waals surface area contributed by atoms with Crippen LogP contribution in [0.25, 0.3) is 11.3 Å². The van der Waals surface area contributed by atoms with Crippen molar-refractivity contribution in [2.24, 2.45) is 0 Å². The first-order valence-electron chi connectivity index (χ1n) is 11.9. The van der Waals surface area contributed by atoms with Gasteiger partial charge in [0.05, 0.1) is 7.11 Å². The molecule has 35 heavy (non-hydrogen) atoms. The predicted molar refractivity (Wildman–Crippen MR) is 136 cm³/mol. The molecule has 0 radical (unpaired) electrons. The van der Waals surface area contributed by atoms with Gasteiger partial charge in [0.2, 0.25) is 5.91 Å². The van der Waals surface area contributed by atoms with E-state index in [2.05, 4.69) is 4.98 Å².